The Labute approximate surface area is 90.8 Å². The van der Waals surface area contributed by atoms with Crippen molar-refractivity contribution in [3.05, 3.63) is 34.3 Å². The first-order chi connectivity index (χ1) is 6.65. The van der Waals surface area contributed by atoms with E-state index in [2.05, 4.69) is 15.9 Å². The van der Waals surface area contributed by atoms with Crippen LogP contribution in [0.4, 0.5) is 0 Å². The SMILES string of the molecule is COCC(C(=O)O)c1cccc(Br)c1. The van der Waals surface area contributed by atoms with Crippen molar-refractivity contribution in [1.29, 1.82) is 0 Å². The van der Waals surface area contributed by atoms with E-state index in [-0.39, 0.29) is 6.61 Å². The molecule has 0 spiro atoms. The lowest BCUT2D eigenvalue weighted by Gasteiger charge is -2.11. The van der Waals surface area contributed by atoms with E-state index in [9.17, 15) is 4.79 Å². The van der Waals surface area contributed by atoms with E-state index < -0.39 is 11.9 Å². The minimum absolute atomic E-state index is 0.186. The molecule has 0 aliphatic rings. The Balaban J connectivity index is 2.93. The average molecular weight is 259 g/mol. The first-order valence-corrected chi connectivity index (χ1v) is 4.91. The molecule has 3 nitrogen and oxygen atoms in total. The summed E-state index contributed by atoms with van der Waals surface area (Å²) < 4.78 is 5.74. The van der Waals surface area contributed by atoms with Crippen molar-refractivity contribution in [2.24, 2.45) is 0 Å². The predicted molar refractivity (Wildman–Crippen MR) is 56.4 cm³/mol. The molecule has 0 heterocycles. The van der Waals surface area contributed by atoms with Gasteiger partial charge in [0.25, 0.3) is 0 Å². The van der Waals surface area contributed by atoms with Gasteiger partial charge in [0.15, 0.2) is 0 Å². The van der Waals surface area contributed by atoms with Crippen LogP contribution in [0.1, 0.15) is 11.5 Å². The number of rotatable bonds is 4. The van der Waals surface area contributed by atoms with Crippen LogP contribution in [-0.2, 0) is 9.53 Å². The second-order valence-corrected chi connectivity index (χ2v) is 3.82. The summed E-state index contributed by atoms with van der Waals surface area (Å²) in [5.41, 5.74) is 0.744. The molecule has 1 atom stereocenters. The molecule has 0 fully saturated rings. The smallest absolute Gasteiger partial charge is 0.313 e. The Bertz CT molecular complexity index is 325. The van der Waals surface area contributed by atoms with Crippen LogP contribution in [-0.4, -0.2) is 24.8 Å². The average Bonchev–Trinajstić information content (AvgIpc) is 2.13. The Morgan fingerprint density at radius 2 is 2.36 bits per heavy atom. The lowest BCUT2D eigenvalue weighted by molar-refractivity contribution is -0.140. The molecule has 0 aliphatic carbocycles. The largest absolute Gasteiger partial charge is 0.481 e. The van der Waals surface area contributed by atoms with Gasteiger partial charge in [-0.2, -0.15) is 0 Å². The van der Waals surface area contributed by atoms with E-state index >= 15 is 0 Å². The molecule has 0 amide bonds. The summed E-state index contributed by atoms with van der Waals surface area (Å²) in [5.74, 6) is -1.47. The van der Waals surface area contributed by atoms with Crippen LogP contribution in [0.5, 0.6) is 0 Å². The van der Waals surface area contributed by atoms with Crippen molar-refractivity contribution in [2.75, 3.05) is 13.7 Å². The Hall–Kier alpha value is -0.870. The van der Waals surface area contributed by atoms with Crippen LogP contribution in [0.3, 0.4) is 0 Å². The lowest BCUT2D eigenvalue weighted by Crippen LogP contribution is -2.16. The van der Waals surface area contributed by atoms with Gasteiger partial charge in [-0.3, -0.25) is 4.79 Å². The number of halogens is 1. The topological polar surface area (TPSA) is 46.5 Å². The molecule has 1 N–H and O–H groups in total. The van der Waals surface area contributed by atoms with Crippen molar-refractivity contribution >= 4 is 21.9 Å². The maximum Gasteiger partial charge on any atom is 0.313 e. The van der Waals surface area contributed by atoms with Gasteiger partial charge in [0.2, 0.25) is 0 Å². The van der Waals surface area contributed by atoms with Crippen molar-refractivity contribution in [3.8, 4) is 0 Å². The summed E-state index contributed by atoms with van der Waals surface area (Å²) in [5, 5.41) is 8.95. The van der Waals surface area contributed by atoms with Crippen molar-refractivity contribution < 1.29 is 14.6 Å². The highest BCUT2D eigenvalue weighted by Gasteiger charge is 2.19. The van der Waals surface area contributed by atoms with Crippen LogP contribution in [0.25, 0.3) is 0 Å². The monoisotopic (exact) mass is 258 g/mol. The molecule has 1 unspecified atom stereocenters. The first-order valence-electron chi connectivity index (χ1n) is 4.12. The van der Waals surface area contributed by atoms with Crippen LogP contribution in [0.15, 0.2) is 28.7 Å². The van der Waals surface area contributed by atoms with Gasteiger partial charge in [-0.15, -0.1) is 0 Å². The molecule has 1 aromatic carbocycles. The third-order valence-electron chi connectivity index (χ3n) is 1.88. The Morgan fingerprint density at radius 3 is 2.86 bits per heavy atom. The number of aliphatic carboxylic acids is 1. The summed E-state index contributed by atoms with van der Waals surface area (Å²) in [6.45, 7) is 0.186. The van der Waals surface area contributed by atoms with Crippen LogP contribution in [0.2, 0.25) is 0 Å². The molecule has 0 bridgehead atoms. The number of benzene rings is 1. The fourth-order valence-electron chi connectivity index (χ4n) is 1.20. The molecular weight excluding hydrogens is 248 g/mol. The maximum atomic E-state index is 10.9. The van der Waals surface area contributed by atoms with Crippen LogP contribution < -0.4 is 0 Å². The molecular formula is C10H11BrO3. The van der Waals surface area contributed by atoms with E-state index in [4.69, 9.17) is 9.84 Å². The second-order valence-electron chi connectivity index (χ2n) is 2.90. The normalized spacial score (nSPS) is 12.4. The highest BCUT2D eigenvalue weighted by molar-refractivity contribution is 9.10. The van der Waals surface area contributed by atoms with Crippen molar-refractivity contribution in [2.45, 2.75) is 5.92 Å². The number of ether oxygens (including phenoxy) is 1. The summed E-state index contributed by atoms with van der Waals surface area (Å²) in [6, 6.07) is 7.24. The third-order valence-corrected chi connectivity index (χ3v) is 2.38. The van der Waals surface area contributed by atoms with Crippen LogP contribution >= 0.6 is 15.9 Å². The van der Waals surface area contributed by atoms with E-state index in [1.165, 1.54) is 7.11 Å². The molecule has 0 saturated carbocycles. The Kier molecular flexibility index (Phi) is 4.10. The summed E-state index contributed by atoms with van der Waals surface area (Å²) >= 11 is 3.30. The van der Waals surface area contributed by atoms with E-state index in [1.54, 1.807) is 12.1 Å². The van der Waals surface area contributed by atoms with E-state index in [1.807, 2.05) is 12.1 Å². The fraction of sp³-hybridized carbons (Fsp3) is 0.300. The number of hydrogen-bond acceptors (Lipinski definition) is 2. The predicted octanol–water partition coefficient (Wildman–Crippen LogP) is 2.26. The first kappa shape index (κ1) is 11.2. The van der Waals surface area contributed by atoms with Gasteiger partial charge in [0.1, 0.15) is 5.92 Å². The van der Waals surface area contributed by atoms with Crippen LogP contribution in [0, 0.1) is 0 Å². The summed E-state index contributed by atoms with van der Waals surface area (Å²) in [6.07, 6.45) is 0. The quantitative estimate of drug-likeness (QED) is 0.902. The minimum atomic E-state index is -0.870. The second kappa shape index (κ2) is 5.12. The van der Waals surface area contributed by atoms with E-state index in [0.717, 1.165) is 10.0 Å². The van der Waals surface area contributed by atoms with Crippen molar-refractivity contribution in [3.63, 3.8) is 0 Å². The highest BCUT2D eigenvalue weighted by atomic mass is 79.9. The minimum Gasteiger partial charge on any atom is -0.481 e. The number of methoxy groups -OCH3 is 1. The van der Waals surface area contributed by atoms with Gasteiger partial charge in [-0.25, -0.2) is 0 Å². The summed E-state index contributed by atoms with van der Waals surface area (Å²) in [7, 11) is 1.49. The third kappa shape index (κ3) is 2.82. The standard InChI is InChI=1S/C10H11BrO3/c1-14-6-9(10(12)13)7-3-2-4-8(11)5-7/h2-5,9H,6H2,1H3,(H,12,13). The zero-order chi connectivity index (χ0) is 10.6. The van der Waals surface area contributed by atoms with Gasteiger partial charge in [-0.05, 0) is 17.7 Å². The zero-order valence-corrected chi connectivity index (χ0v) is 9.32. The number of carboxylic acid groups (broad SMARTS) is 1. The molecule has 0 saturated heterocycles. The number of carboxylic acids is 1. The highest BCUT2D eigenvalue weighted by Crippen LogP contribution is 2.20. The van der Waals surface area contributed by atoms with Gasteiger partial charge < -0.3 is 9.84 Å². The molecule has 76 valence electrons. The number of carbonyl (C=O) groups is 1. The van der Waals surface area contributed by atoms with E-state index in [0.29, 0.717) is 0 Å². The van der Waals surface area contributed by atoms with Gasteiger partial charge >= 0.3 is 5.97 Å². The van der Waals surface area contributed by atoms with Gasteiger partial charge in [0.05, 0.1) is 6.61 Å². The molecule has 1 rings (SSSR count). The number of hydrogen-bond donors (Lipinski definition) is 1. The molecule has 1 aromatic rings. The lowest BCUT2D eigenvalue weighted by atomic mass is 10.0. The molecule has 0 aromatic heterocycles. The Morgan fingerprint density at radius 1 is 1.64 bits per heavy atom. The maximum absolute atomic E-state index is 10.9. The molecule has 0 aliphatic heterocycles. The fourth-order valence-corrected chi connectivity index (χ4v) is 1.62. The molecule has 4 heteroatoms. The molecule has 14 heavy (non-hydrogen) atoms. The van der Waals surface area contributed by atoms with Gasteiger partial charge in [-0.1, -0.05) is 28.1 Å². The van der Waals surface area contributed by atoms with Gasteiger partial charge in [0, 0.05) is 11.6 Å². The summed E-state index contributed by atoms with van der Waals surface area (Å²) in [4.78, 5) is 10.9. The van der Waals surface area contributed by atoms with Crippen molar-refractivity contribution in [1.82, 2.24) is 0 Å². The zero-order valence-electron chi connectivity index (χ0n) is 7.74. The molecule has 0 radical (unpaired) electrons.